The monoisotopic (exact) mass is 480 g/mol. The second-order valence-corrected chi connectivity index (χ2v) is 9.70. The highest BCUT2D eigenvalue weighted by atomic mass is 32.2. The molecule has 1 atom stereocenters. The molecule has 0 amide bonds. The summed E-state index contributed by atoms with van der Waals surface area (Å²) >= 11 is 2.70. The van der Waals surface area contributed by atoms with E-state index in [9.17, 15) is 15.3 Å². The first-order valence-electron chi connectivity index (χ1n) is 10.2. The quantitative estimate of drug-likeness (QED) is 0.464. The predicted octanol–water partition coefficient (Wildman–Crippen LogP) is 4.75. The van der Waals surface area contributed by atoms with Crippen molar-refractivity contribution >= 4 is 29.1 Å². The van der Waals surface area contributed by atoms with Gasteiger partial charge in [-0.2, -0.15) is 10.5 Å². The fourth-order valence-corrected chi connectivity index (χ4v) is 5.32. The average Bonchev–Trinajstić information content (AvgIpc) is 3.29. The van der Waals surface area contributed by atoms with Crippen molar-refractivity contribution in [1.82, 2.24) is 4.98 Å². The van der Waals surface area contributed by atoms with Gasteiger partial charge in [-0.3, -0.25) is 0 Å². The fraction of sp³-hybridized carbons (Fsp3) is 0.333. The molecule has 0 spiro atoms. The molecule has 0 bridgehead atoms. The Bertz CT molecular complexity index is 1230. The number of aromatic nitrogens is 1. The first kappa shape index (κ1) is 24.4. The number of aryl methyl sites for hydroxylation is 1. The zero-order valence-electron chi connectivity index (χ0n) is 19.1. The van der Waals surface area contributed by atoms with Crippen LogP contribution in [-0.4, -0.2) is 22.8 Å². The summed E-state index contributed by atoms with van der Waals surface area (Å²) in [6.07, 6.45) is -0.356. The minimum atomic E-state index is -0.685. The highest BCUT2D eigenvalue weighted by Gasteiger charge is 2.38. The van der Waals surface area contributed by atoms with Gasteiger partial charge in [-0.05, 0) is 57.2 Å². The molecule has 3 heterocycles. The third kappa shape index (κ3) is 4.90. The van der Waals surface area contributed by atoms with Crippen molar-refractivity contribution in [2.24, 2.45) is 5.73 Å². The summed E-state index contributed by atoms with van der Waals surface area (Å²) in [6.45, 7) is 9.23. The number of pyridine rings is 1. The van der Waals surface area contributed by atoms with Crippen molar-refractivity contribution in [2.75, 3.05) is 5.75 Å². The Balaban J connectivity index is 2.10. The van der Waals surface area contributed by atoms with Crippen molar-refractivity contribution in [3.8, 4) is 12.1 Å². The SMILES string of the molecule is Cc1nc(SCC2=C(C(=O)OC(C)C)[C@@H](c3cccs3)C(C#N)=C(N)O2)c(C#N)c(C)c1C. The number of carbonyl (C=O) groups excluding carboxylic acids is 1. The van der Waals surface area contributed by atoms with Crippen LogP contribution in [0.4, 0.5) is 0 Å². The van der Waals surface area contributed by atoms with E-state index < -0.39 is 11.9 Å². The molecule has 0 fully saturated rings. The van der Waals surface area contributed by atoms with E-state index in [4.69, 9.17) is 15.2 Å². The molecule has 0 unspecified atom stereocenters. The Kier molecular flexibility index (Phi) is 7.47. The number of nitrogens with zero attached hydrogens (tertiary/aromatic N) is 3. The lowest BCUT2D eigenvalue weighted by atomic mass is 9.87. The summed E-state index contributed by atoms with van der Waals surface area (Å²) in [5.74, 6) is -0.813. The Morgan fingerprint density at radius 1 is 1.30 bits per heavy atom. The molecule has 2 aromatic rings. The number of nitrogens with two attached hydrogens (primary N) is 1. The molecule has 33 heavy (non-hydrogen) atoms. The molecule has 2 aromatic heterocycles. The van der Waals surface area contributed by atoms with Gasteiger partial charge in [0.25, 0.3) is 0 Å². The van der Waals surface area contributed by atoms with E-state index >= 15 is 0 Å². The van der Waals surface area contributed by atoms with Gasteiger partial charge in [-0.15, -0.1) is 11.3 Å². The number of thiophene rings is 1. The molecule has 1 aliphatic rings. The second-order valence-electron chi connectivity index (χ2n) is 7.76. The summed E-state index contributed by atoms with van der Waals surface area (Å²) in [5, 5.41) is 21.9. The van der Waals surface area contributed by atoms with Crippen molar-refractivity contribution < 1.29 is 14.3 Å². The first-order valence-corrected chi connectivity index (χ1v) is 12.1. The van der Waals surface area contributed by atoms with Gasteiger partial charge in [-0.25, -0.2) is 9.78 Å². The molecular weight excluding hydrogens is 456 g/mol. The minimum absolute atomic E-state index is 0.0441. The fourth-order valence-electron chi connectivity index (χ4n) is 3.45. The van der Waals surface area contributed by atoms with E-state index in [0.29, 0.717) is 16.3 Å². The smallest absolute Gasteiger partial charge is 0.338 e. The Labute approximate surface area is 201 Å². The molecule has 1 aliphatic heterocycles. The van der Waals surface area contributed by atoms with E-state index in [0.717, 1.165) is 21.7 Å². The van der Waals surface area contributed by atoms with E-state index in [1.807, 2.05) is 38.3 Å². The summed E-state index contributed by atoms with van der Waals surface area (Å²) in [5.41, 5.74) is 9.67. The normalized spacial score (nSPS) is 15.8. The maximum atomic E-state index is 13.2. The maximum Gasteiger partial charge on any atom is 0.338 e. The molecule has 2 N–H and O–H groups in total. The van der Waals surface area contributed by atoms with Gasteiger partial charge < -0.3 is 15.2 Å². The molecule has 0 radical (unpaired) electrons. The molecular formula is C24H24N4O3S2. The molecule has 170 valence electrons. The largest absolute Gasteiger partial charge is 0.459 e. The van der Waals surface area contributed by atoms with Crippen LogP contribution in [0.1, 0.15) is 47.0 Å². The van der Waals surface area contributed by atoms with Crippen molar-refractivity contribution in [3.05, 3.63) is 67.6 Å². The standard InChI is InChI=1S/C24H24N4O3S2/c1-12(2)30-24(29)21-18(11-33-23-16(9-25)14(4)13(3)15(5)28-23)31-22(27)17(10-26)20(21)19-7-6-8-32-19/h6-8,12,20H,11,27H2,1-5H3/t20-/m1/s1. The van der Waals surface area contributed by atoms with Crippen molar-refractivity contribution in [2.45, 2.75) is 51.7 Å². The third-order valence-corrected chi connectivity index (χ3v) is 7.21. The van der Waals surface area contributed by atoms with Gasteiger partial charge in [0.1, 0.15) is 28.5 Å². The number of allylic oxidation sites excluding steroid dienone is 1. The van der Waals surface area contributed by atoms with E-state index in [-0.39, 0.29) is 28.9 Å². The van der Waals surface area contributed by atoms with Crippen LogP contribution in [0.3, 0.4) is 0 Å². The number of nitriles is 2. The zero-order valence-corrected chi connectivity index (χ0v) is 20.7. The van der Waals surface area contributed by atoms with Gasteiger partial charge in [-0.1, -0.05) is 17.8 Å². The molecule has 0 aromatic carbocycles. The Morgan fingerprint density at radius 2 is 2.03 bits per heavy atom. The van der Waals surface area contributed by atoms with E-state index in [2.05, 4.69) is 17.1 Å². The average molecular weight is 481 g/mol. The first-order chi connectivity index (χ1) is 15.7. The number of rotatable bonds is 6. The van der Waals surface area contributed by atoms with E-state index in [1.165, 1.54) is 23.1 Å². The number of esters is 1. The van der Waals surface area contributed by atoms with Gasteiger partial charge in [0.2, 0.25) is 5.88 Å². The molecule has 9 heteroatoms. The van der Waals surface area contributed by atoms with Gasteiger partial charge >= 0.3 is 5.97 Å². The number of hydrogen-bond acceptors (Lipinski definition) is 9. The minimum Gasteiger partial charge on any atom is -0.459 e. The molecule has 0 aliphatic carbocycles. The van der Waals surface area contributed by atoms with Crippen LogP contribution in [0.5, 0.6) is 0 Å². The van der Waals surface area contributed by atoms with Crippen LogP contribution in [0.25, 0.3) is 0 Å². The topological polar surface area (TPSA) is 122 Å². The van der Waals surface area contributed by atoms with Crippen LogP contribution in [0, 0.1) is 43.4 Å². The van der Waals surface area contributed by atoms with Crippen LogP contribution < -0.4 is 5.73 Å². The Morgan fingerprint density at radius 3 is 2.61 bits per heavy atom. The second kappa shape index (κ2) is 10.1. The third-order valence-electron chi connectivity index (χ3n) is 5.30. The molecule has 0 saturated carbocycles. The summed E-state index contributed by atoms with van der Waals surface area (Å²) in [6, 6.07) is 8.02. The maximum absolute atomic E-state index is 13.2. The summed E-state index contributed by atoms with van der Waals surface area (Å²) < 4.78 is 11.3. The highest BCUT2D eigenvalue weighted by Crippen LogP contribution is 2.43. The lowest BCUT2D eigenvalue weighted by Gasteiger charge is -2.27. The van der Waals surface area contributed by atoms with Gasteiger partial charge in [0.05, 0.1) is 28.9 Å². The summed E-state index contributed by atoms with van der Waals surface area (Å²) in [4.78, 5) is 18.5. The number of carbonyl (C=O) groups is 1. The lowest BCUT2D eigenvalue weighted by molar-refractivity contribution is -0.143. The lowest BCUT2D eigenvalue weighted by Crippen LogP contribution is -2.27. The van der Waals surface area contributed by atoms with Crippen LogP contribution in [0.15, 0.2) is 45.3 Å². The van der Waals surface area contributed by atoms with Gasteiger partial charge in [0, 0.05) is 10.6 Å². The zero-order chi connectivity index (χ0) is 24.3. The van der Waals surface area contributed by atoms with Crippen LogP contribution in [0.2, 0.25) is 0 Å². The number of hydrogen-bond donors (Lipinski definition) is 1. The molecule has 0 saturated heterocycles. The number of ether oxygens (including phenoxy) is 2. The summed E-state index contributed by atoms with van der Waals surface area (Å²) in [7, 11) is 0. The number of thioether (sulfide) groups is 1. The van der Waals surface area contributed by atoms with Gasteiger partial charge in [0.15, 0.2) is 0 Å². The Hall–Kier alpha value is -3.27. The molecule has 3 rings (SSSR count). The van der Waals surface area contributed by atoms with Crippen LogP contribution in [-0.2, 0) is 14.3 Å². The highest BCUT2D eigenvalue weighted by molar-refractivity contribution is 7.99. The van der Waals surface area contributed by atoms with E-state index in [1.54, 1.807) is 13.8 Å². The van der Waals surface area contributed by atoms with Crippen molar-refractivity contribution in [3.63, 3.8) is 0 Å². The predicted molar refractivity (Wildman–Crippen MR) is 127 cm³/mol. The van der Waals surface area contributed by atoms with Crippen LogP contribution >= 0.6 is 23.1 Å². The van der Waals surface area contributed by atoms with Crippen molar-refractivity contribution in [1.29, 1.82) is 10.5 Å². The molecule has 7 nitrogen and oxygen atoms in total.